The summed E-state index contributed by atoms with van der Waals surface area (Å²) in [5.41, 5.74) is 2.96. The van der Waals surface area contributed by atoms with Crippen molar-refractivity contribution in [2.24, 2.45) is 0 Å². The van der Waals surface area contributed by atoms with Crippen LogP contribution in [-0.2, 0) is 16.1 Å². The number of amides is 2. The summed E-state index contributed by atoms with van der Waals surface area (Å²) in [6.07, 6.45) is 0.461. The van der Waals surface area contributed by atoms with Gasteiger partial charge in [0, 0.05) is 64.0 Å². The average molecular weight is 380 g/mol. The Kier molecular flexibility index (Phi) is 7.03. The van der Waals surface area contributed by atoms with E-state index in [1.807, 2.05) is 35.2 Å². The van der Waals surface area contributed by atoms with E-state index in [4.69, 9.17) is 0 Å². The predicted molar refractivity (Wildman–Crippen MR) is 112 cm³/mol. The molecule has 2 aromatic rings. The van der Waals surface area contributed by atoms with E-state index >= 15 is 0 Å². The summed E-state index contributed by atoms with van der Waals surface area (Å²) >= 11 is 0. The van der Waals surface area contributed by atoms with E-state index in [2.05, 4.69) is 39.8 Å². The molecule has 1 heterocycles. The Morgan fingerprint density at radius 3 is 2.36 bits per heavy atom. The van der Waals surface area contributed by atoms with E-state index in [0.29, 0.717) is 13.0 Å². The second kappa shape index (κ2) is 9.90. The highest BCUT2D eigenvalue weighted by molar-refractivity contribution is 5.89. The van der Waals surface area contributed by atoms with Gasteiger partial charge in [0.15, 0.2) is 0 Å². The smallest absolute Gasteiger partial charge is 0.224 e. The van der Waals surface area contributed by atoms with Crippen molar-refractivity contribution in [3.8, 4) is 0 Å². The summed E-state index contributed by atoms with van der Waals surface area (Å²) in [6, 6.07) is 18.0. The molecule has 2 amide bonds. The van der Waals surface area contributed by atoms with Crippen LogP contribution >= 0.6 is 0 Å². The molecular formula is C22H28N4O2. The van der Waals surface area contributed by atoms with Crippen LogP contribution in [0.15, 0.2) is 54.6 Å². The molecule has 1 aliphatic heterocycles. The molecule has 1 fully saturated rings. The summed E-state index contributed by atoms with van der Waals surface area (Å²) in [4.78, 5) is 28.0. The number of hydrogen-bond acceptors (Lipinski definition) is 4. The molecule has 2 aromatic carbocycles. The van der Waals surface area contributed by atoms with E-state index < -0.39 is 0 Å². The fraction of sp³-hybridized carbons (Fsp3) is 0.364. The molecule has 3 rings (SSSR count). The van der Waals surface area contributed by atoms with Crippen molar-refractivity contribution in [1.29, 1.82) is 0 Å². The molecule has 0 radical (unpaired) electrons. The molecule has 1 aliphatic rings. The molecule has 2 N–H and O–H groups in total. The monoisotopic (exact) mass is 380 g/mol. The van der Waals surface area contributed by atoms with Gasteiger partial charge in [-0.3, -0.25) is 14.5 Å². The number of benzene rings is 2. The number of rotatable bonds is 7. The predicted octanol–water partition coefficient (Wildman–Crippen LogP) is 2.79. The molecule has 1 saturated heterocycles. The van der Waals surface area contributed by atoms with Crippen LogP contribution in [0.5, 0.6) is 0 Å². The first kappa shape index (κ1) is 19.9. The van der Waals surface area contributed by atoms with Gasteiger partial charge in [-0.1, -0.05) is 36.4 Å². The van der Waals surface area contributed by atoms with Crippen molar-refractivity contribution < 1.29 is 9.59 Å². The van der Waals surface area contributed by atoms with Crippen LogP contribution in [-0.4, -0.2) is 54.3 Å². The quantitative estimate of drug-likeness (QED) is 0.775. The van der Waals surface area contributed by atoms with Crippen LogP contribution in [0.2, 0.25) is 0 Å². The van der Waals surface area contributed by atoms with Gasteiger partial charge in [-0.25, -0.2) is 0 Å². The molecule has 0 spiro atoms. The molecule has 28 heavy (non-hydrogen) atoms. The maximum absolute atomic E-state index is 12.5. The minimum Gasteiger partial charge on any atom is -0.384 e. The lowest BCUT2D eigenvalue weighted by molar-refractivity contribution is -0.132. The maximum Gasteiger partial charge on any atom is 0.224 e. The van der Waals surface area contributed by atoms with E-state index in [0.717, 1.165) is 44.1 Å². The number of nitrogens with one attached hydrogen (secondary N) is 2. The van der Waals surface area contributed by atoms with E-state index in [1.165, 1.54) is 12.5 Å². The number of nitrogens with zero attached hydrogens (tertiary/aromatic N) is 2. The SMILES string of the molecule is CC(=O)Nc1cccc(NCCC(=O)N2CCN(Cc3ccccc3)CC2)c1. The summed E-state index contributed by atoms with van der Waals surface area (Å²) < 4.78 is 0. The molecular weight excluding hydrogens is 352 g/mol. The van der Waals surface area contributed by atoms with Gasteiger partial charge in [0.05, 0.1) is 0 Å². The zero-order chi connectivity index (χ0) is 19.8. The summed E-state index contributed by atoms with van der Waals surface area (Å²) in [5.74, 6) is 0.0867. The van der Waals surface area contributed by atoms with E-state index in [9.17, 15) is 9.59 Å². The van der Waals surface area contributed by atoms with Gasteiger partial charge in [-0.15, -0.1) is 0 Å². The Bertz CT molecular complexity index is 786. The average Bonchev–Trinajstić information content (AvgIpc) is 2.69. The normalized spacial score (nSPS) is 14.5. The molecule has 6 heteroatoms. The fourth-order valence-electron chi connectivity index (χ4n) is 3.38. The fourth-order valence-corrected chi connectivity index (χ4v) is 3.38. The lowest BCUT2D eigenvalue weighted by Crippen LogP contribution is -2.48. The zero-order valence-corrected chi connectivity index (χ0v) is 16.4. The molecule has 0 bridgehead atoms. The maximum atomic E-state index is 12.5. The van der Waals surface area contributed by atoms with E-state index in [1.54, 1.807) is 0 Å². The molecule has 0 atom stereocenters. The van der Waals surface area contributed by atoms with Crippen molar-refractivity contribution >= 4 is 23.2 Å². The highest BCUT2D eigenvalue weighted by atomic mass is 16.2. The first-order valence-corrected chi connectivity index (χ1v) is 9.76. The molecule has 0 aromatic heterocycles. The largest absolute Gasteiger partial charge is 0.384 e. The standard InChI is InChI=1S/C22H28N4O2/c1-18(27)24-21-9-5-8-20(16-21)23-11-10-22(28)26-14-12-25(13-15-26)17-19-6-3-2-4-7-19/h2-9,16,23H,10-15,17H2,1H3,(H,24,27). The Balaban J connectivity index is 1.38. The molecule has 148 valence electrons. The van der Waals surface area contributed by atoms with E-state index in [-0.39, 0.29) is 11.8 Å². The summed E-state index contributed by atoms with van der Waals surface area (Å²) in [5, 5.41) is 6.02. The third kappa shape index (κ3) is 6.09. The zero-order valence-electron chi connectivity index (χ0n) is 16.4. The van der Waals surface area contributed by atoms with Crippen LogP contribution in [0.3, 0.4) is 0 Å². The highest BCUT2D eigenvalue weighted by Crippen LogP contribution is 2.15. The molecule has 6 nitrogen and oxygen atoms in total. The van der Waals surface area contributed by atoms with Gasteiger partial charge in [0.2, 0.25) is 11.8 Å². The van der Waals surface area contributed by atoms with Crippen molar-refractivity contribution in [2.45, 2.75) is 19.9 Å². The molecule has 0 saturated carbocycles. The van der Waals surface area contributed by atoms with Crippen molar-refractivity contribution in [3.05, 3.63) is 60.2 Å². The Morgan fingerprint density at radius 1 is 0.929 bits per heavy atom. The van der Waals surface area contributed by atoms with Gasteiger partial charge in [0.25, 0.3) is 0 Å². The van der Waals surface area contributed by atoms with Gasteiger partial charge >= 0.3 is 0 Å². The van der Waals surface area contributed by atoms with Gasteiger partial charge in [-0.2, -0.15) is 0 Å². The lowest BCUT2D eigenvalue weighted by atomic mass is 10.2. The number of hydrogen-bond donors (Lipinski definition) is 2. The van der Waals surface area contributed by atoms with Crippen molar-refractivity contribution in [1.82, 2.24) is 9.80 Å². The lowest BCUT2D eigenvalue weighted by Gasteiger charge is -2.34. The first-order valence-electron chi connectivity index (χ1n) is 9.76. The van der Waals surface area contributed by atoms with Crippen molar-refractivity contribution in [2.75, 3.05) is 43.4 Å². The molecule has 0 unspecified atom stereocenters. The van der Waals surface area contributed by atoms with Gasteiger partial charge in [0.1, 0.15) is 0 Å². The van der Waals surface area contributed by atoms with Crippen LogP contribution in [0, 0.1) is 0 Å². The van der Waals surface area contributed by atoms with Gasteiger partial charge in [-0.05, 0) is 23.8 Å². The minimum atomic E-state index is -0.0984. The van der Waals surface area contributed by atoms with Crippen LogP contribution < -0.4 is 10.6 Å². The summed E-state index contributed by atoms with van der Waals surface area (Å²) in [6.45, 7) is 6.38. The number of piperazine rings is 1. The van der Waals surface area contributed by atoms with Crippen LogP contribution in [0.1, 0.15) is 18.9 Å². The van der Waals surface area contributed by atoms with Gasteiger partial charge < -0.3 is 15.5 Å². The Labute approximate surface area is 166 Å². The van der Waals surface area contributed by atoms with Crippen LogP contribution in [0.4, 0.5) is 11.4 Å². The first-order chi connectivity index (χ1) is 13.6. The molecule has 0 aliphatic carbocycles. The highest BCUT2D eigenvalue weighted by Gasteiger charge is 2.20. The summed E-state index contributed by atoms with van der Waals surface area (Å²) in [7, 11) is 0. The minimum absolute atomic E-state index is 0.0984. The third-order valence-electron chi connectivity index (χ3n) is 4.82. The van der Waals surface area contributed by atoms with Crippen LogP contribution in [0.25, 0.3) is 0 Å². The number of anilines is 2. The topological polar surface area (TPSA) is 64.7 Å². The Hall–Kier alpha value is -2.86. The number of carbonyl (C=O) groups excluding carboxylic acids is 2. The van der Waals surface area contributed by atoms with Crippen molar-refractivity contribution in [3.63, 3.8) is 0 Å². The second-order valence-corrected chi connectivity index (χ2v) is 7.08. The Morgan fingerprint density at radius 2 is 1.64 bits per heavy atom. The third-order valence-corrected chi connectivity index (χ3v) is 4.82. The second-order valence-electron chi connectivity index (χ2n) is 7.08. The number of carbonyl (C=O) groups is 2.